The lowest BCUT2D eigenvalue weighted by Crippen LogP contribution is -2.36. The maximum absolute atomic E-state index is 12.5. The molecule has 0 unspecified atom stereocenters. The van der Waals surface area contributed by atoms with Gasteiger partial charge in [0.2, 0.25) is 5.91 Å². The van der Waals surface area contributed by atoms with E-state index in [1.807, 2.05) is 43.3 Å². The van der Waals surface area contributed by atoms with Crippen LogP contribution in [0.2, 0.25) is 0 Å². The first-order chi connectivity index (χ1) is 11.5. The lowest BCUT2D eigenvalue weighted by atomic mass is 10.1. The average Bonchev–Trinajstić information content (AvgIpc) is 2.59. The molecule has 2 amide bonds. The quantitative estimate of drug-likeness (QED) is 0.871. The Balaban J connectivity index is 1.81. The summed E-state index contributed by atoms with van der Waals surface area (Å²) in [5, 5.41) is 8.38. The number of halogens is 1. The molecule has 2 aromatic carbocycles. The second-order valence-corrected chi connectivity index (χ2v) is 6.36. The minimum atomic E-state index is -0.287. The van der Waals surface area contributed by atoms with Crippen LogP contribution in [0.5, 0.6) is 0 Å². The number of nitrogens with zero attached hydrogens (tertiary/aromatic N) is 2. The topological polar surface area (TPSA) is 61.8 Å². The number of amides is 2. The molecule has 0 spiro atoms. The number of nitrogens with one attached hydrogen (secondary N) is 1. The first-order valence-corrected chi connectivity index (χ1v) is 8.37. The van der Waals surface area contributed by atoms with Gasteiger partial charge in [0.05, 0.1) is 5.69 Å². The Kier molecular flexibility index (Phi) is 4.76. The van der Waals surface area contributed by atoms with E-state index in [0.717, 1.165) is 10.0 Å². The normalized spacial score (nSPS) is 14.3. The number of para-hydroxylation sites is 1. The molecule has 0 aliphatic carbocycles. The highest BCUT2D eigenvalue weighted by Crippen LogP contribution is 2.22. The van der Waals surface area contributed by atoms with Crippen molar-refractivity contribution in [2.75, 3.05) is 10.3 Å². The van der Waals surface area contributed by atoms with Gasteiger partial charge in [-0.15, -0.1) is 0 Å². The molecule has 1 heterocycles. The summed E-state index contributed by atoms with van der Waals surface area (Å²) in [6, 6.07) is 14.7. The maximum atomic E-state index is 12.5. The van der Waals surface area contributed by atoms with E-state index in [-0.39, 0.29) is 18.2 Å². The molecule has 0 saturated heterocycles. The van der Waals surface area contributed by atoms with Gasteiger partial charge in [0.15, 0.2) is 0 Å². The Morgan fingerprint density at radius 1 is 1.17 bits per heavy atom. The summed E-state index contributed by atoms with van der Waals surface area (Å²) < 4.78 is 0.983. The van der Waals surface area contributed by atoms with Gasteiger partial charge in [-0.05, 0) is 42.8 Å². The Labute approximate surface area is 148 Å². The van der Waals surface area contributed by atoms with Crippen molar-refractivity contribution >= 4 is 44.8 Å². The van der Waals surface area contributed by atoms with E-state index in [0.29, 0.717) is 23.5 Å². The fraction of sp³-hybridized carbons (Fsp3) is 0.167. The van der Waals surface area contributed by atoms with Crippen molar-refractivity contribution < 1.29 is 9.59 Å². The summed E-state index contributed by atoms with van der Waals surface area (Å²) in [5.74, 6) is -0.401. The number of hydrazone groups is 1. The van der Waals surface area contributed by atoms with Gasteiger partial charge in [0.1, 0.15) is 5.71 Å². The van der Waals surface area contributed by atoms with Crippen LogP contribution in [-0.4, -0.2) is 17.5 Å². The van der Waals surface area contributed by atoms with Crippen LogP contribution in [0, 0.1) is 6.92 Å². The molecule has 1 aliphatic heterocycles. The van der Waals surface area contributed by atoms with Gasteiger partial charge < -0.3 is 5.32 Å². The highest BCUT2D eigenvalue weighted by molar-refractivity contribution is 9.10. The number of rotatable bonds is 3. The predicted molar refractivity (Wildman–Crippen MR) is 98.1 cm³/mol. The molecule has 1 N–H and O–H groups in total. The molecule has 0 aromatic heterocycles. The summed E-state index contributed by atoms with van der Waals surface area (Å²) in [6.07, 6.45) is 0.601. The molecule has 24 heavy (non-hydrogen) atoms. The van der Waals surface area contributed by atoms with Crippen LogP contribution in [0.25, 0.3) is 0 Å². The van der Waals surface area contributed by atoms with E-state index in [1.165, 1.54) is 5.01 Å². The second-order valence-electron chi connectivity index (χ2n) is 5.51. The van der Waals surface area contributed by atoms with Crippen molar-refractivity contribution in [3.63, 3.8) is 0 Å². The first kappa shape index (κ1) is 16.4. The molecule has 0 radical (unpaired) electrons. The summed E-state index contributed by atoms with van der Waals surface area (Å²) >= 11 is 3.43. The zero-order valence-corrected chi connectivity index (χ0v) is 14.7. The largest absolute Gasteiger partial charge is 0.321 e. The van der Waals surface area contributed by atoms with Gasteiger partial charge in [-0.1, -0.05) is 34.1 Å². The van der Waals surface area contributed by atoms with Gasteiger partial charge in [0.25, 0.3) is 5.91 Å². The van der Waals surface area contributed by atoms with Gasteiger partial charge in [-0.2, -0.15) is 5.10 Å². The molecule has 3 rings (SSSR count). The number of aryl methyl sites for hydroxylation is 1. The molecule has 6 heteroatoms. The number of carbonyl (C=O) groups excluding carboxylic acids is 2. The Morgan fingerprint density at radius 2 is 1.92 bits per heavy atom. The summed E-state index contributed by atoms with van der Waals surface area (Å²) in [4.78, 5) is 24.5. The minimum Gasteiger partial charge on any atom is -0.321 e. The van der Waals surface area contributed by atoms with Crippen LogP contribution in [0.15, 0.2) is 58.1 Å². The third-order valence-corrected chi connectivity index (χ3v) is 4.60. The van der Waals surface area contributed by atoms with Gasteiger partial charge >= 0.3 is 0 Å². The summed E-state index contributed by atoms with van der Waals surface area (Å²) in [5.41, 5.74) is 2.73. The van der Waals surface area contributed by atoms with Crippen LogP contribution in [-0.2, 0) is 9.59 Å². The molecular formula is C18H16BrN3O2. The maximum Gasteiger partial charge on any atom is 0.271 e. The molecule has 2 aromatic rings. The second kappa shape index (κ2) is 6.97. The smallest absolute Gasteiger partial charge is 0.271 e. The molecule has 0 saturated carbocycles. The molecule has 122 valence electrons. The third kappa shape index (κ3) is 3.54. The highest BCUT2D eigenvalue weighted by Gasteiger charge is 2.25. The first-order valence-electron chi connectivity index (χ1n) is 7.57. The monoisotopic (exact) mass is 385 g/mol. The Morgan fingerprint density at radius 3 is 2.62 bits per heavy atom. The Bertz CT molecular complexity index is 818. The van der Waals surface area contributed by atoms with Crippen molar-refractivity contribution in [3.8, 4) is 0 Å². The highest BCUT2D eigenvalue weighted by atomic mass is 79.9. The zero-order valence-electron chi connectivity index (χ0n) is 13.1. The fourth-order valence-corrected chi connectivity index (χ4v) is 2.66. The van der Waals surface area contributed by atoms with Crippen LogP contribution < -0.4 is 10.3 Å². The van der Waals surface area contributed by atoms with E-state index in [1.54, 1.807) is 12.1 Å². The summed E-state index contributed by atoms with van der Waals surface area (Å²) in [7, 11) is 0. The molecule has 5 nitrogen and oxygen atoms in total. The fourth-order valence-electron chi connectivity index (χ4n) is 2.41. The van der Waals surface area contributed by atoms with E-state index in [9.17, 15) is 9.59 Å². The van der Waals surface area contributed by atoms with Gasteiger partial charge in [-0.25, -0.2) is 5.01 Å². The van der Waals surface area contributed by atoms with Crippen LogP contribution in [0.1, 0.15) is 18.4 Å². The predicted octanol–water partition coefficient (Wildman–Crippen LogP) is 3.88. The van der Waals surface area contributed by atoms with E-state index in [2.05, 4.69) is 26.3 Å². The van der Waals surface area contributed by atoms with Crippen molar-refractivity contribution in [3.05, 3.63) is 58.6 Å². The minimum absolute atomic E-state index is 0.114. The third-order valence-electron chi connectivity index (χ3n) is 3.71. The van der Waals surface area contributed by atoms with Crippen molar-refractivity contribution in [1.82, 2.24) is 0 Å². The van der Waals surface area contributed by atoms with Crippen LogP contribution >= 0.6 is 15.9 Å². The van der Waals surface area contributed by atoms with Crippen molar-refractivity contribution in [1.29, 1.82) is 0 Å². The van der Waals surface area contributed by atoms with Gasteiger partial charge in [-0.3, -0.25) is 9.59 Å². The number of benzene rings is 2. The SMILES string of the molecule is Cc1cc(NC(=O)C2=NN(c3ccccc3)C(=O)CC2)ccc1Br. The molecule has 0 fully saturated rings. The standard InChI is InChI=1S/C18H16BrN3O2/c1-12-11-13(7-8-15(12)19)20-18(24)16-9-10-17(23)22(21-16)14-5-3-2-4-6-14/h2-8,11H,9-10H2,1H3,(H,20,24). The van der Waals surface area contributed by atoms with Crippen molar-refractivity contribution in [2.24, 2.45) is 5.10 Å². The van der Waals surface area contributed by atoms with E-state index < -0.39 is 0 Å². The molecule has 0 bridgehead atoms. The lowest BCUT2D eigenvalue weighted by molar-refractivity contribution is -0.118. The summed E-state index contributed by atoms with van der Waals surface area (Å²) in [6.45, 7) is 1.95. The van der Waals surface area contributed by atoms with E-state index in [4.69, 9.17) is 0 Å². The number of hydrogen-bond donors (Lipinski definition) is 1. The van der Waals surface area contributed by atoms with Crippen LogP contribution in [0.4, 0.5) is 11.4 Å². The number of anilines is 2. The van der Waals surface area contributed by atoms with Crippen molar-refractivity contribution in [2.45, 2.75) is 19.8 Å². The zero-order chi connectivity index (χ0) is 17.1. The molecule has 1 aliphatic rings. The average molecular weight is 386 g/mol. The molecular weight excluding hydrogens is 370 g/mol. The van der Waals surface area contributed by atoms with Crippen LogP contribution in [0.3, 0.4) is 0 Å². The number of hydrogen-bond acceptors (Lipinski definition) is 3. The lowest BCUT2D eigenvalue weighted by Gasteiger charge is -2.23. The van der Waals surface area contributed by atoms with E-state index >= 15 is 0 Å². The molecule has 0 atom stereocenters. The number of carbonyl (C=O) groups is 2. The Hall–Kier alpha value is -2.47. The van der Waals surface area contributed by atoms with Gasteiger partial charge in [0, 0.05) is 23.0 Å².